The van der Waals surface area contributed by atoms with Crippen LogP contribution in [0.5, 0.6) is 0 Å². The van der Waals surface area contributed by atoms with Crippen molar-refractivity contribution >= 4 is 27.5 Å². The van der Waals surface area contributed by atoms with Crippen molar-refractivity contribution in [3.05, 3.63) is 42.5 Å². The molecule has 1 atom stereocenters. The maximum absolute atomic E-state index is 11.1. The Balaban J connectivity index is 0.000000155. The van der Waals surface area contributed by atoms with Crippen LogP contribution in [0, 0.1) is 0 Å². The van der Waals surface area contributed by atoms with Crippen molar-refractivity contribution in [2.45, 2.75) is 4.90 Å². The number of hydrogen-bond donors (Lipinski definition) is 0. The molecule has 4 aromatic rings. The lowest BCUT2D eigenvalue weighted by molar-refractivity contribution is 0.0779. The number of nitrogens with zero attached hydrogens (tertiary/aromatic N) is 3. The molecular formula is C14H15N3O3S. The number of fused-ring (bicyclic) bond motifs is 3. The van der Waals surface area contributed by atoms with E-state index < -0.39 is 10.8 Å². The topological polar surface area (TPSA) is 76.3 Å². The van der Waals surface area contributed by atoms with Crippen LogP contribution in [-0.2, 0) is 10.8 Å². The molecule has 0 fully saturated rings. The molecule has 1 aromatic heterocycles. The number of rotatable bonds is 2. The van der Waals surface area contributed by atoms with Crippen molar-refractivity contribution in [1.82, 2.24) is 15.0 Å². The molecule has 0 N–H and O–H groups in total. The molecular weight excluding hydrogens is 290 g/mol. The molecule has 0 saturated heterocycles. The zero-order valence-corrected chi connectivity index (χ0v) is 12.8. The molecule has 4 rings (SSSR count). The number of carbonyl (C=O) groups excluding carboxylic acids is 1. The van der Waals surface area contributed by atoms with E-state index in [9.17, 15) is 9.00 Å². The Bertz CT molecular complexity index is 720. The predicted molar refractivity (Wildman–Crippen MR) is 79.8 cm³/mol. The van der Waals surface area contributed by atoms with Crippen LogP contribution in [0.4, 0.5) is 0 Å². The Morgan fingerprint density at radius 1 is 1.24 bits per heavy atom. The van der Waals surface area contributed by atoms with Crippen molar-refractivity contribution in [1.29, 1.82) is 0 Å². The van der Waals surface area contributed by atoms with Crippen molar-refractivity contribution in [2.75, 3.05) is 20.4 Å². The maximum atomic E-state index is 11.1. The van der Waals surface area contributed by atoms with Gasteiger partial charge >= 0.3 is 11.8 Å². The van der Waals surface area contributed by atoms with Gasteiger partial charge in [0.15, 0.2) is 6.33 Å². The van der Waals surface area contributed by atoms with E-state index in [-0.39, 0.29) is 11.8 Å². The first-order valence-corrected chi connectivity index (χ1v) is 7.68. The Labute approximate surface area is 124 Å². The molecule has 1 amide bonds. The highest BCUT2D eigenvalue weighted by Crippen LogP contribution is 2.20. The first-order valence-electron chi connectivity index (χ1n) is 6.13. The summed E-state index contributed by atoms with van der Waals surface area (Å²) in [5.74, 6) is -0.262. The van der Waals surface area contributed by atoms with Gasteiger partial charge in [0.05, 0.1) is 10.8 Å². The van der Waals surface area contributed by atoms with Gasteiger partial charge in [0.25, 0.3) is 0 Å². The van der Waals surface area contributed by atoms with Gasteiger partial charge in [-0.05, 0) is 16.8 Å². The average molecular weight is 305 g/mol. The van der Waals surface area contributed by atoms with E-state index >= 15 is 0 Å². The summed E-state index contributed by atoms with van der Waals surface area (Å²) in [4.78, 5) is 16.8. The standard InChI is InChI=1S/C9H8OS.C5H7N3O2/c1-11(10)9-6-7-2-4-8(9)5-3-7;1-8(2)5(9)4-6-3-7-10-4/h2-6H,1H3;3H,1-2H3. The Morgan fingerprint density at radius 3 is 2.24 bits per heavy atom. The molecule has 0 aliphatic rings. The summed E-state index contributed by atoms with van der Waals surface area (Å²) in [6.07, 6.45) is 2.90. The van der Waals surface area contributed by atoms with Gasteiger partial charge in [-0.3, -0.25) is 9.00 Å². The molecule has 0 radical (unpaired) electrons. The second kappa shape index (κ2) is 6.45. The highest BCUT2D eigenvalue weighted by Gasteiger charge is 2.12. The Morgan fingerprint density at radius 2 is 1.90 bits per heavy atom. The minimum Gasteiger partial charge on any atom is -0.341 e. The Kier molecular flexibility index (Phi) is 4.64. The van der Waals surface area contributed by atoms with Crippen molar-refractivity contribution in [2.24, 2.45) is 0 Å². The number of benzene rings is 3. The average Bonchev–Trinajstić information content (AvgIpc) is 3.02. The molecule has 3 aromatic carbocycles. The predicted octanol–water partition coefficient (Wildman–Crippen LogP) is 1.79. The molecule has 0 saturated carbocycles. The molecule has 1 heterocycles. The summed E-state index contributed by atoms with van der Waals surface area (Å²) in [5.41, 5.74) is 0. The van der Waals surface area contributed by atoms with Crippen LogP contribution in [0.1, 0.15) is 10.7 Å². The van der Waals surface area contributed by atoms with Gasteiger partial charge in [-0.2, -0.15) is 4.98 Å². The highest BCUT2D eigenvalue weighted by atomic mass is 32.2. The Hall–Kier alpha value is -2.28. The first-order chi connectivity index (χ1) is 9.99. The summed E-state index contributed by atoms with van der Waals surface area (Å²) in [6.45, 7) is 0. The fourth-order valence-corrected chi connectivity index (χ4v) is 2.46. The summed E-state index contributed by atoms with van der Waals surface area (Å²) in [5, 5.41) is 5.52. The normalized spacial score (nSPS) is 11.8. The molecule has 0 aliphatic heterocycles. The zero-order chi connectivity index (χ0) is 15.4. The third-order valence-electron chi connectivity index (χ3n) is 2.75. The molecule has 1 unspecified atom stereocenters. The minimum atomic E-state index is -0.851. The monoisotopic (exact) mass is 305 g/mol. The van der Waals surface area contributed by atoms with Crippen molar-refractivity contribution in [3.63, 3.8) is 0 Å². The summed E-state index contributed by atoms with van der Waals surface area (Å²) < 4.78 is 15.6. The second-order valence-corrected chi connectivity index (χ2v) is 5.88. The molecule has 0 spiro atoms. The molecule has 2 bridgehead atoms. The van der Waals surface area contributed by atoms with Crippen LogP contribution in [0.2, 0.25) is 0 Å². The number of hydrogen-bond acceptors (Lipinski definition) is 5. The highest BCUT2D eigenvalue weighted by molar-refractivity contribution is 7.84. The maximum Gasteiger partial charge on any atom is 0.315 e. The smallest absolute Gasteiger partial charge is 0.315 e. The molecule has 7 heteroatoms. The van der Waals surface area contributed by atoms with Crippen LogP contribution in [0.25, 0.3) is 10.8 Å². The SMILES string of the molecule is CN(C)C(=O)c1ncno1.CS(=O)c1cc2ccc1cc2. The van der Waals surface area contributed by atoms with Gasteiger partial charge in [-0.25, -0.2) is 0 Å². The van der Waals surface area contributed by atoms with Gasteiger partial charge in [0, 0.05) is 25.2 Å². The van der Waals surface area contributed by atoms with Crippen LogP contribution in [0.3, 0.4) is 0 Å². The van der Waals surface area contributed by atoms with E-state index in [0.717, 1.165) is 15.7 Å². The van der Waals surface area contributed by atoms with Crippen LogP contribution < -0.4 is 0 Å². The molecule has 21 heavy (non-hydrogen) atoms. The zero-order valence-electron chi connectivity index (χ0n) is 11.9. The lowest BCUT2D eigenvalue weighted by atomic mass is 10.1. The molecule has 0 aliphatic carbocycles. The lowest BCUT2D eigenvalue weighted by Crippen LogP contribution is -2.21. The third-order valence-corrected chi connectivity index (χ3v) is 3.73. The van der Waals surface area contributed by atoms with E-state index in [0.29, 0.717) is 0 Å². The van der Waals surface area contributed by atoms with Gasteiger partial charge < -0.3 is 9.42 Å². The second-order valence-electron chi connectivity index (χ2n) is 4.53. The van der Waals surface area contributed by atoms with Gasteiger partial charge in [0.2, 0.25) is 0 Å². The number of aromatic nitrogens is 2. The fraction of sp³-hybridized carbons (Fsp3) is 0.214. The quantitative estimate of drug-likeness (QED) is 0.721. The lowest BCUT2D eigenvalue weighted by Gasteiger charge is -2.04. The summed E-state index contributed by atoms with van der Waals surface area (Å²) >= 11 is 0. The summed E-state index contributed by atoms with van der Waals surface area (Å²) in [7, 11) is 2.38. The van der Waals surface area contributed by atoms with Crippen LogP contribution >= 0.6 is 0 Å². The van der Waals surface area contributed by atoms with Crippen molar-refractivity contribution in [3.8, 4) is 0 Å². The number of carbonyl (C=O) groups is 1. The number of amides is 1. The van der Waals surface area contributed by atoms with E-state index in [1.54, 1.807) is 20.4 Å². The minimum absolute atomic E-state index is 0.0185. The molecule has 110 valence electrons. The third kappa shape index (κ3) is 3.63. The van der Waals surface area contributed by atoms with E-state index in [1.165, 1.54) is 11.2 Å². The largest absolute Gasteiger partial charge is 0.341 e. The first kappa shape index (κ1) is 15.1. The van der Waals surface area contributed by atoms with Crippen LogP contribution in [0.15, 0.2) is 46.1 Å². The van der Waals surface area contributed by atoms with E-state index in [4.69, 9.17) is 0 Å². The van der Waals surface area contributed by atoms with Gasteiger partial charge in [0.1, 0.15) is 0 Å². The van der Waals surface area contributed by atoms with Gasteiger partial charge in [-0.1, -0.05) is 29.4 Å². The van der Waals surface area contributed by atoms with Crippen LogP contribution in [-0.4, -0.2) is 45.5 Å². The van der Waals surface area contributed by atoms with E-state index in [2.05, 4.69) is 14.7 Å². The molecule has 6 nitrogen and oxygen atoms in total. The summed E-state index contributed by atoms with van der Waals surface area (Å²) in [6, 6.07) is 10.1. The van der Waals surface area contributed by atoms with E-state index in [1.807, 2.05) is 30.3 Å². The van der Waals surface area contributed by atoms with Gasteiger partial charge in [-0.15, -0.1) is 0 Å². The fourth-order valence-electron chi connectivity index (χ4n) is 1.69. The van der Waals surface area contributed by atoms with Crippen molar-refractivity contribution < 1.29 is 13.5 Å².